The largest absolute Gasteiger partial charge is 0.350 e. The first-order valence-electron chi connectivity index (χ1n) is 9.70. The number of hydrogen-bond acceptors (Lipinski definition) is 5. The Hall–Kier alpha value is -3.55. The van der Waals surface area contributed by atoms with Gasteiger partial charge in [-0.3, -0.25) is 9.59 Å². The second-order valence-corrected chi connectivity index (χ2v) is 7.13. The molecule has 30 heavy (non-hydrogen) atoms. The van der Waals surface area contributed by atoms with E-state index in [4.69, 9.17) is 4.52 Å². The fourth-order valence-electron chi connectivity index (χ4n) is 2.75. The van der Waals surface area contributed by atoms with Crippen LogP contribution in [0.15, 0.2) is 53.1 Å². The summed E-state index contributed by atoms with van der Waals surface area (Å²) in [7, 11) is 0. The molecule has 0 radical (unpaired) electrons. The van der Waals surface area contributed by atoms with Crippen LogP contribution in [0, 0.1) is 5.82 Å². The van der Waals surface area contributed by atoms with Crippen molar-refractivity contribution in [1.82, 2.24) is 15.5 Å². The fourth-order valence-corrected chi connectivity index (χ4v) is 2.75. The van der Waals surface area contributed by atoms with Crippen LogP contribution in [0.4, 0.5) is 10.1 Å². The Morgan fingerprint density at radius 1 is 1.07 bits per heavy atom. The lowest BCUT2D eigenvalue weighted by Gasteiger charge is -2.09. The van der Waals surface area contributed by atoms with Gasteiger partial charge < -0.3 is 15.2 Å². The summed E-state index contributed by atoms with van der Waals surface area (Å²) >= 11 is 0. The molecule has 0 spiro atoms. The number of nitrogens with one attached hydrogen (secondary N) is 2. The molecule has 3 aromatic rings. The summed E-state index contributed by atoms with van der Waals surface area (Å²) in [6.07, 6.45) is 1.27. The normalized spacial score (nSPS) is 10.8. The van der Waals surface area contributed by atoms with Crippen LogP contribution in [0.2, 0.25) is 0 Å². The molecular weight excluding hydrogens is 387 g/mol. The van der Waals surface area contributed by atoms with E-state index in [9.17, 15) is 14.0 Å². The van der Waals surface area contributed by atoms with Gasteiger partial charge in [-0.05, 0) is 68.8 Å². The molecule has 0 aliphatic heterocycles. The molecule has 0 unspecified atom stereocenters. The molecule has 0 bridgehead atoms. The predicted octanol–water partition coefficient (Wildman–Crippen LogP) is 3.98. The van der Waals surface area contributed by atoms with E-state index in [1.165, 1.54) is 12.1 Å². The number of hydrogen-bond donors (Lipinski definition) is 2. The van der Waals surface area contributed by atoms with Crippen LogP contribution in [0.1, 0.15) is 42.9 Å². The number of aryl methyl sites for hydroxylation is 1. The van der Waals surface area contributed by atoms with Crippen molar-refractivity contribution in [3.8, 4) is 11.4 Å². The van der Waals surface area contributed by atoms with Crippen LogP contribution in [0.3, 0.4) is 0 Å². The Labute approximate surface area is 173 Å². The zero-order chi connectivity index (χ0) is 21.5. The summed E-state index contributed by atoms with van der Waals surface area (Å²) in [5.41, 5.74) is 1.82. The summed E-state index contributed by atoms with van der Waals surface area (Å²) in [6, 6.07) is 12.6. The van der Waals surface area contributed by atoms with Crippen molar-refractivity contribution in [2.45, 2.75) is 39.2 Å². The molecule has 3 rings (SSSR count). The zero-order valence-corrected chi connectivity index (χ0v) is 16.8. The van der Waals surface area contributed by atoms with Gasteiger partial charge in [0.25, 0.3) is 5.91 Å². The quantitative estimate of drug-likeness (QED) is 0.586. The number of aromatic nitrogens is 2. The Balaban J connectivity index is 1.45. The molecule has 8 heteroatoms. The molecule has 156 valence electrons. The maximum absolute atomic E-state index is 13.0. The smallest absolute Gasteiger partial charge is 0.251 e. The summed E-state index contributed by atoms with van der Waals surface area (Å²) in [5.74, 6) is 0.177. The van der Waals surface area contributed by atoms with E-state index in [-0.39, 0.29) is 30.1 Å². The summed E-state index contributed by atoms with van der Waals surface area (Å²) in [5, 5.41) is 9.49. The van der Waals surface area contributed by atoms with E-state index in [1.807, 2.05) is 13.8 Å². The van der Waals surface area contributed by atoms with Crippen LogP contribution in [-0.4, -0.2) is 28.0 Å². The number of amides is 2. The first-order chi connectivity index (χ1) is 14.4. The average molecular weight is 410 g/mol. The first kappa shape index (κ1) is 21.2. The maximum Gasteiger partial charge on any atom is 0.251 e. The number of halogens is 1. The van der Waals surface area contributed by atoms with Crippen molar-refractivity contribution in [2.24, 2.45) is 0 Å². The van der Waals surface area contributed by atoms with E-state index in [1.54, 1.807) is 36.4 Å². The van der Waals surface area contributed by atoms with Crippen molar-refractivity contribution in [3.63, 3.8) is 0 Å². The molecule has 0 aliphatic rings. The number of carbonyl (C=O) groups is 2. The van der Waals surface area contributed by atoms with Crippen molar-refractivity contribution < 1.29 is 18.5 Å². The summed E-state index contributed by atoms with van der Waals surface area (Å²) < 4.78 is 18.2. The number of benzene rings is 2. The van der Waals surface area contributed by atoms with Gasteiger partial charge in [-0.2, -0.15) is 4.98 Å². The minimum atomic E-state index is -0.332. The van der Waals surface area contributed by atoms with Gasteiger partial charge in [0.2, 0.25) is 17.6 Å². The minimum Gasteiger partial charge on any atom is -0.350 e. The monoisotopic (exact) mass is 410 g/mol. The van der Waals surface area contributed by atoms with Gasteiger partial charge in [-0.25, -0.2) is 4.39 Å². The Bertz CT molecular complexity index is 998. The van der Waals surface area contributed by atoms with E-state index < -0.39 is 0 Å². The topological polar surface area (TPSA) is 97.1 Å². The molecule has 2 aromatic carbocycles. The van der Waals surface area contributed by atoms with Crippen LogP contribution in [0.5, 0.6) is 0 Å². The lowest BCUT2D eigenvalue weighted by atomic mass is 10.1. The fraction of sp³-hybridized carbons (Fsp3) is 0.273. The molecule has 0 aliphatic carbocycles. The summed E-state index contributed by atoms with van der Waals surface area (Å²) in [4.78, 5) is 28.3. The molecule has 0 atom stereocenters. The zero-order valence-electron chi connectivity index (χ0n) is 16.8. The molecule has 1 aromatic heterocycles. The number of rotatable bonds is 8. The highest BCUT2D eigenvalue weighted by atomic mass is 19.1. The van der Waals surface area contributed by atoms with Crippen molar-refractivity contribution in [3.05, 3.63) is 65.8 Å². The van der Waals surface area contributed by atoms with Crippen LogP contribution in [-0.2, 0) is 11.2 Å². The number of nitrogens with zero attached hydrogens (tertiary/aromatic N) is 2. The minimum absolute atomic E-state index is 0.0579. The van der Waals surface area contributed by atoms with Crippen LogP contribution < -0.4 is 10.6 Å². The highest BCUT2D eigenvalue weighted by Crippen LogP contribution is 2.17. The highest BCUT2D eigenvalue weighted by molar-refractivity contribution is 5.95. The SMILES string of the molecule is CC(C)NC(=O)c1ccc(NC(=O)CCCc2nc(-c3ccc(F)cc3)no2)cc1. The van der Waals surface area contributed by atoms with E-state index in [0.29, 0.717) is 41.4 Å². The van der Waals surface area contributed by atoms with Gasteiger partial charge >= 0.3 is 0 Å². The van der Waals surface area contributed by atoms with Gasteiger partial charge in [-0.15, -0.1) is 0 Å². The molecule has 2 N–H and O–H groups in total. The van der Waals surface area contributed by atoms with E-state index in [0.717, 1.165) is 0 Å². The molecule has 2 amide bonds. The third kappa shape index (κ3) is 5.97. The second kappa shape index (κ2) is 9.78. The van der Waals surface area contributed by atoms with Gasteiger partial charge in [0.1, 0.15) is 5.82 Å². The third-order valence-corrected chi connectivity index (χ3v) is 4.22. The Morgan fingerprint density at radius 3 is 2.43 bits per heavy atom. The van der Waals surface area contributed by atoms with E-state index >= 15 is 0 Å². The van der Waals surface area contributed by atoms with Crippen LogP contribution in [0.25, 0.3) is 11.4 Å². The van der Waals surface area contributed by atoms with Crippen molar-refractivity contribution >= 4 is 17.5 Å². The Morgan fingerprint density at radius 2 is 1.77 bits per heavy atom. The lowest BCUT2D eigenvalue weighted by Crippen LogP contribution is -2.30. The summed E-state index contributed by atoms with van der Waals surface area (Å²) in [6.45, 7) is 3.79. The van der Waals surface area contributed by atoms with Gasteiger partial charge in [-0.1, -0.05) is 5.16 Å². The maximum atomic E-state index is 13.0. The molecule has 1 heterocycles. The van der Waals surface area contributed by atoms with Gasteiger partial charge in [0.05, 0.1) is 0 Å². The van der Waals surface area contributed by atoms with Gasteiger partial charge in [0, 0.05) is 35.7 Å². The molecule has 7 nitrogen and oxygen atoms in total. The standard InChI is InChI=1S/C22H23FN4O3/c1-14(2)24-22(29)16-8-12-18(13-9-16)25-19(28)4-3-5-20-26-21(27-30-20)15-6-10-17(23)11-7-15/h6-14H,3-5H2,1-2H3,(H,24,29)(H,25,28). The average Bonchev–Trinajstić information content (AvgIpc) is 3.17. The highest BCUT2D eigenvalue weighted by Gasteiger charge is 2.11. The van der Waals surface area contributed by atoms with Crippen LogP contribution >= 0.6 is 0 Å². The predicted molar refractivity (Wildman–Crippen MR) is 110 cm³/mol. The molecular formula is C22H23FN4O3. The molecule has 0 saturated carbocycles. The third-order valence-electron chi connectivity index (χ3n) is 4.22. The van der Waals surface area contributed by atoms with Gasteiger partial charge in [0.15, 0.2) is 0 Å². The second-order valence-electron chi connectivity index (χ2n) is 7.13. The lowest BCUT2D eigenvalue weighted by molar-refractivity contribution is -0.116. The number of carbonyl (C=O) groups excluding carboxylic acids is 2. The van der Waals surface area contributed by atoms with Crippen molar-refractivity contribution in [1.29, 1.82) is 0 Å². The van der Waals surface area contributed by atoms with E-state index in [2.05, 4.69) is 20.8 Å². The molecule has 0 saturated heterocycles. The Kier molecular flexibility index (Phi) is 6.90. The number of anilines is 1. The van der Waals surface area contributed by atoms with Crippen molar-refractivity contribution in [2.75, 3.05) is 5.32 Å². The molecule has 0 fully saturated rings. The first-order valence-corrected chi connectivity index (χ1v) is 9.70.